The van der Waals surface area contributed by atoms with Crippen LogP contribution in [0.3, 0.4) is 0 Å². The molecule has 0 aliphatic heterocycles. The first-order valence-corrected chi connectivity index (χ1v) is 7.77. The number of nitrogens with zero attached hydrogens (tertiary/aromatic N) is 4. The third-order valence-electron chi connectivity index (χ3n) is 3.28. The van der Waals surface area contributed by atoms with Crippen molar-refractivity contribution in [3.63, 3.8) is 0 Å². The third-order valence-corrected chi connectivity index (χ3v) is 3.28. The van der Waals surface area contributed by atoms with E-state index < -0.39 is 5.82 Å². The molecule has 1 heterocycles. The minimum absolute atomic E-state index is 0.0121. The summed E-state index contributed by atoms with van der Waals surface area (Å²) in [7, 11) is 0. The van der Waals surface area contributed by atoms with Crippen LogP contribution in [0.1, 0.15) is 42.5 Å². The van der Waals surface area contributed by atoms with E-state index in [2.05, 4.69) is 15.4 Å². The van der Waals surface area contributed by atoms with E-state index in [0.717, 1.165) is 0 Å². The first-order chi connectivity index (χ1) is 11.7. The molecule has 1 aromatic heterocycles. The number of aryl methyl sites for hydroxylation is 1. The number of carbonyl (C=O) groups excluding carboxylic acids is 1. The van der Waals surface area contributed by atoms with Gasteiger partial charge < -0.3 is 0 Å². The predicted molar refractivity (Wildman–Crippen MR) is 92.0 cm³/mol. The summed E-state index contributed by atoms with van der Waals surface area (Å²) in [5.74, 6) is -0.326. The van der Waals surface area contributed by atoms with Gasteiger partial charge in [0.1, 0.15) is 11.9 Å². The van der Waals surface area contributed by atoms with Gasteiger partial charge in [0.05, 0.1) is 0 Å². The first kappa shape index (κ1) is 18.3. The fraction of sp³-hybridized carbons (Fsp3) is 0.333. The number of carbonyl (C=O) groups is 1. The van der Waals surface area contributed by atoms with E-state index >= 15 is 0 Å². The highest BCUT2D eigenvalue weighted by atomic mass is 19.1. The van der Waals surface area contributed by atoms with E-state index in [1.165, 1.54) is 35.5 Å². The molecule has 6 nitrogen and oxygen atoms in total. The number of nitriles is 1. The number of rotatable bonds is 4. The van der Waals surface area contributed by atoms with Crippen LogP contribution in [0.2, 0.25) is 0 Å². The van der Waals surface area contributed by atoms with Crippen molar-refractivity contribution < 1.29 is 9.18 Å². The SMILES string of the molecule is Cc1cnc(C#N)nc1NN(CC(C)(C)C)C(=O)c1ccc(F)cc1. The quantitative estimate of drug-likeness (QED) is 0.863. The average molecular weight is 341 g/mol. The van der Waals surface area contributed by atoms with Crippen LogP contribution < -0.4 is 5.43 Å². The molecule has 130 valence electrons. The molecule has 0 saturated heterocycles. The number of nitrogens with one attached hydrogen (secondary N) is 1. The molecular formula is C18H20FN5O. The molecule has 0 atom stereocenters. The average Bonchev–Trinajstić information content (AvgIpc) is 2.55. The van der Waals surface area contributed by atoms with Crippen molar-refractivity contribution in [2.45, 2.75) is 27.7 Å². The van der Waals surface area contributed by atoms with Gasteiger partial charge in [0.15, 0.2) is 5.82 Å². The lowest BCUT2D eigenvalue weighted by molar-refractivity contribution is 0.0742. The van der Waals surface area contributed by atoms with Gasteiger partial charge in [-0.05, 0) is 36.6 Å². The van der Waals surface area contributed by atoms with Crippen molar-refractivity contribution >= 4 is 11.7 Å². The summed E-state index contributed by atoms with van der Waals surface area (Å²) in [6, 6.07) is 7.23. The van der Waals surface area contributed by atoms with Crippen LogP contribution in [-0.2, 0) is 0 Å². The molecule has 7 heteroatoms. The van der Waals surface area contributed by atoms with Gasteiger partial charge in [-0.1, -0.05) is 20.8 Å². The molecule has 1 N–H and O–H groups in total. The van der Waals surface area contributed by atoms with E-state index in [9.17, 15) is 9.18 Å². The van der Waals surface area contributed by atoms with E-state index in [4.69, 9.17) is 5.26 Å². The van der Waals surface area contributed by atoms with Crippen LogP contribution in [0.5, 0.6) is 0 Å². The van der Waals surface area contributed by atoms with Crippen LogP contribution in [0.4, 0.5) is 10.2 Å². The monoisotopic (exact) mass is 341 g/mol. The molecule has 0 radical (unpaired) electrons. The van der Waals surface area contributed by atoms with E-state index in [1.54, 1.807) is 6.92 Å². The Kier molecular flexibility index (Phi) is 5.32. The lowest BCUT2D eigenvalue weighted by Gasteiger charge is -2.31. The van der Waals surface area contributed by atoms with Gasteiger partial charge in [-0.25, -0.2) is 9.37 Å². The van der Waals surface area contributed by atoms with Crippen molar-refractivity contribution in [1.82, 2.24) is 15.0 Å². The molecule has 2 rings (SSSR count). The van der Waals surface area contributed by atoms with Gasteiger partial charge in [-0.3, -0.25) is 15.2 Å². The van der Waals surface area contributed by atoms with Crippen LogP contribution in [0, 0.1) is 29.5 Å². The van der Waals surface area contributed by atoms with Gasteiger partial charge in [0.25, 0.3) is 5.91 Å². The van der Waals surface area contributed by atoms with Gasteiger partial charge >= 0.3 is 0 Å². The Balaban J connectivity index is 2.35. The molecule has 0 saturated carbocycles. The normalized spacial score (nSPS) is 10.9. The number of hydrogen-bond donors (Lipinski definition) is 1. The van der Waals surface area contributed by atoms with Crippen molar-refractivity contribution in [3.8, 4) is 6.07 Å². The van der Waals surface area contributed by atoms with Gasteiger partial charge in [-0.2, -0.15) is 10.2 Å². The molecule has 1 aromatic carbocycles. The van der Waals surface area contributed by atoms with Crippen LogP contribution in [0.15, 0.2) is 30.5 Å². The first-order valence-electron chi connectivity index (χ1n) is 7.77. The van der Waals surface area contributed by atoms with Crippen molar-refractivity contribution in [2.24, 2.45) is 5.41 Å². The van der Waals surface area contributed by atoms with Crippen molar-refractivity contribution in [1.29, 1.82) is 5.26 Å². The Morgan fingerprint density at radius 3 is 2.52 bits per heavy atom. The molecular weight excluding hydrogens is 321 g/mol. The minimum Gasteiger partial charge on any atom is -0.279 e. The summed E-state index contributed by atoms with van der Waals surface area (Å²) in [6.45, 7) is 8.14. The highest BCUT2D eigenvalue weighted by molar-refractivity contribution is 5.94. The second kappa shape index (κ2) is 7.26. The molecule has 1 amide bonds. The Hall–Kier alpha value is -3.01. The molecule has 0 aliphatic carbocycles. The largest absolute Gasteiger partial charge is 0.279 e. The van der Waals surface area contributed by atoms with Gasteiger partial charge in [-0.15, -0.1) is 0 Å². The Morgan fingerprint density at radius 2 is 1.96 bits per heavy atom. The third kappa shape index (κ3) is 4.98. The fourth-order valence-corrected chi connectivity index (χ4v) is 2.12. The standard InChI is InChI=1S/C18H20FN5O/c1-12-10-21-15(9-20)22-16(12)23-24(11-18(2,3)4)17(25)13-5-7-14(19)8-6-13/h5-8,10H,11H2,1-4H3,(H,21,22,23). The summed E-state index contributed by atoms with van der Waals surface area (Å²) in [5.41, 5.74) is 3.84. The fourth-order valence-electron chi connectivity index (χ4n) is 2.12. The number of hydrazine groups is 1. The minimum atomic E-state index is -0.405. The molecule has 2 aromatic rings. The topological polar surface area (TPSA) is 81.9 Å². The smallest absolute Gasteiger partial charge is 0.272 e. The summed E-state index contributed by atoms with van der Waals surface area (Å²) in [5, 5.41) is 10.4. The Morgan fingerprint density at radius 1 is 1.32 bits per heavy atom. The summed E-state index contributed by atoms with van der Waals surface area (Å²) in [6.07, 6.45) is 1.52. The molecule has 0 spiro atoms. The van der Waals surface area contributed by atoms with Crippen LogP contribution >= 0.6 is 0 Å². The lowest BCUT2D eigenvalue weighted by atomic mass is 9.96. The van der Waals surface area contributed by atoms with Crippen LogP contribution in [0.25, 0.3) is 0 Å². The molecule has 0 unspecified atom stereocenters. The second-order valence-electron chi connectivity index (χ2n) is 6.91. The number of aromatic nitrogens is 2. The summed E-state index contributed by atoms with van der Waals surface area (Å²) < 4.78 is 13.1. The molecule has 0 bridgehead atoms. The Bertz CT molecular complexity index is 806. The number of hydrogen-bond acceptors (Lipinski definition) is 5. The van der Waals surface area contributed by atoms with Gasteiger partial charge in [0.2, 0.25) is 5.82 Å². The zero-order valence-electron chi connectivity index (χ0n) is 14.7. The number of anilines is 1. The van der Waals surface area contributed by atoms with E-state index in [-0.39, 0.29) is 17.1 Å². The van der Waals surface area contributed by atoms with Crippen molar-refractivity contribution in [3.05, 3.63) is 53.2 Å². The summed E-state index contributed by atoms with van der Waals surface area (Å²) >= 11 is 0. The molecule has 25 heavy (non-hydrogen) atoms. The van der Waals surface area contributed by atoms with Gasteiger partial charge in [0, 0.05) is 23.9 Å². The zero-order valence-corrected chi connectivity index (χ0v) is 14.7. The zero-order chi connectivity index (χ0) is 18.6. The molecule has 0 aliphatic rings. The van der Waals surface area contributed by atoms with Crippen molar-refractivity contribution in [2.75, 3.05) is 12.0 Å². The number of halogens is 1. The maximum absolute atomic E-state index is 13.1. The molecule has 0 fully saturated rings. The number of benzene rings is 1. The maximum Gasteiger partial charge on any atom is 0.272 e. The number of amides is 1. The lowest BCUT2D eigenvalue weighted by Crippen LogP contribution is -2.42. The predicted octanol–water partition coefficient (Wildman–Crippen LogP) is 3.31. The van der Waals surface area contributed by atoms with Crippen LogP contribution in [-0.4, -0.2) is 27.4 Å². The highest BCUT2D eigenvalue weighted by Gasteiger charge is 2.23. The maximum atomic E-state index is 13.1. The van der Waals surface area contributed by atoms with E-state index in [0.29, 0.717) is 23.5 Å². The Labute approximate surface area is 146 Å². The summed E-state index contributed by atoms with van der Waals surface area (Å²) in [4.78, 5) is 20.8. The van der Waals surface area contributed by atoms with E-state index in [1.807, 2.05) is 26.8 Å². The highest BCUT2D eigenvalue weighted by Crippen LogP contribution is 2.20. The second-order valence-corrected chi connectivity index (χ2v) is 6.91.